The molecule has 0 amide bonds. The average molecular weight is 147 g/mol. The van der Waals surface area contributed by atoms with Crippen molar-refractivity contribution >= 4 is 28.3 Å². The Morgan fingerprint density at radius 2 is 2.50 bits per heavy atom. The van der Waals surface area contributed by atoms with Gasteiger partial charge in [-0.1, -0.05) is 30.9 Å². The van der Waals surface area contributed by atoms with Crippen molar-refractivity contribution in [3.8, 4) is 0 Å². The van der Waals surface area contributed by atoms with E-state index in [4.69, 9.17) is 12.2 Å². The minimum absolute atomic E-state index is 0.701. The van der Waals surface area contributed by atoms with Crippen LogP contribution in [0, 0.1) is 0 Å². The first kappa shape index (κ1) is 6.36. The van der Waals surface area contributed by atoms with E-state index in [-0.39, 0.29) is 0 Å². The quantitative estimate of drug-likeness (QED) is 0.476. The normalized spacial score (nSPS) is 29.5. The van der Waals surface area contributed by atoms with Crippen LogP contribution in [-0.4, -0.2) is 28.1 Å². The maximum atomic E-state index is 5.01. The fourth-order valence-corrected chi connectivity index (χ4v) is 2.22. The summed E-state index contributed by atoms with van der Waals surface area (Å²) in [6.45, 7) is 3.31. The Morgan fingerprint density at radius 3 is 2.62 bits per heavy atom. The number of thiocarbonyl (C=S) groups is 1. The molecular weight excluding hydrogens is 138 g/mol. The van der Waals surface area contributed by atoms with E-state index in [1.54, 1.807) is 11.8 Å². The van der Waals surface area contributed by atoms with Crippen molar-refractivity contribution in [2.75, 3.05) is 13.6 Å². The fourth-order valence-electron chi connectivity index (χ4n) is 0.760. The molecule has 1 saturated heterocycles. The molecule has 1 nitrogen and oxygen atoms in total. The van der Waals surface area contributed by atoms with Gasteiger partial charge in [0.2, 0.25) is 0 Å². The van der Waals surface area contributed by atoms with E-state index in [9.17, 15) is 0 Å². The molecule has 46 valence electrons. The lowest BCUT2D eigenvalue weighted by Crippen LogP contribution is -2.17. The second-order valence-electron chi connectivity index (χ2n) is 2.07. The molecule has 0 bridgehead atoms. The molecule has 0 radical (unpaired) electrons. The van der Waals surface area contributed by atoms with Crippen LogP contribution in [0.3, 0.4) is 0 Å². The molecule has 1 unspecified atom stereocenters. The van der Waals surface area contributed by atoms with Gasteiger partial charge in [0.25, 0.3) is 0 Å². The van der Waals surface area contributed by atoms with E-state index in [1.165, 1.54) is 0 Å². The van der Waals surface area contributed by atoms with Gasteiger partial charge in [0.15, 0.2) is 0 Å². The molecule has 1 atom stereocenters. The second-order valence-corrected chi connectivity index (χ2v) is 4.15. The minimum atomic E-state index is 0.701. The third kappa shape index (κ3) is 1.14. The monoisotopic (exact) mass is 147 g/mol. The van der Waals surface area contributed by atoms with Gasteiger partial charge in [-0.15, -0.1) is 0 Å². The van der Waals surface area contributed by atoms with Crippen LogP contribution in [0.2, 0.25) is 0 Å². The van der Waals surface area contributed by atoms with E-state index in [2.05, 4.69) is 11.8 Å². The van der Waals surface area contributed by atoms with Gasteiger partial charge in [0.05, 0.1) is 0 Å². The molecule has 1 fully saturated rings. The highest BCUT2D eigenvalue weighted by Crippen LogP contribution is 2.22. The summed E-state index contributed by atoms with van der Waals surface area (Å²) < 4.78 is 1.04. The van der Waals surface area contributed by atoms with Crippen molar-refractivity contribution in [2.45, 2.75) is 12.2 Å². The Morgan fingerprint density at radius 1 is 1.88 bits per heavy atom. The van der Waals surface area contributed by atoms with Gasteiger partial charge < -0.3 is 4.90 Å². The highest BCUT2D eigenvalue weighted by Gasteiger charge is 2.19. The van der Waals surface area contributed by atoms with Gasteiger partial charge in [0, 0.05) is 18.8 Å². The van der Waals surface area contributed by atoms with Crippen LogP contribution < -0.4 is 0 Å². The Bertz CT molecular complexity index is 113. The van der Waals surface area contributed by atoms with Crippen LogP contribution in [0.1, 0.15) is 6.92 Å². The van der Waals surface area contributed by atoms with E-state index < -0.39 is 0 Å². The first-order chi connectivity index (χ1) is 3.70. The van der Waals surface area contributed by atoms with E-state index in [1.807, 2.05) is 7.05 Å². The highest BCUT2D eigenvalue weighted by molar-refractivity contribution is 8.23. The lowest BCUT2D eigenvalue weighted by Gasteiger charge is -2.06. The Balaban J connectivity index is 2.51. The molecule has 1 aliphatic rings. The summed E-state index contributed by atoms with van der Waals surface area (Å²) >= 11 is 6.79. The molecule has 0 aliphatic carbocycles. The third-order valence-corrected chi connectivity index (χ3v) is 2.81. The van der Waals surface area contributed by atoms with Gasteiger partial charge in [-0.3, -0.25) is 0 Å². The van der Waals surface area contributed by atoms with Crippen molar-refractivity contribution in [2.24, 2.45) is 0 Å². The zero-order valence-corrected chi connectivity index (χ0v) is 6.68. The summed E-state index contributed by atoms with van der Waals surface area (Å²) in [7, 11) is 2.04. The summed E-state index contributed by atoms with van der Waals surface area (Å²) in [4.78, 5) is 2.12. The number of hydrogen-bond donors (Lipinski definition) is 0. The number of thioether (sulfide) groups is 1. The van der Waals surface area contributed by atoms with Crippen molar-refractivity contribution in [3.05, 3.63) is 0 Å². The second kappa shape index (κ2) is 2.23. The third-order valence-electron chi connectivity index (χ3n) is 1.14. The van der Waals surface area contributed by atoms with E-state index in [0.717, 1.165) is 10.9 Å². The Labute approximate surface area is 59.4 Å². The van der Waals surface area contributed by atoms with Crippen LogP contribution in [0.15, 0.2) is 0 Å². The average Bonchev–Trinajstić information content (AvgIpc) is 1.85. The molecule has 0 aromatic rings. The summed E-state index contributed by atoms with van der Waals surface area (Å²) in [5.74, 6) is 0. The number of rotatable bonds is 0. The molecule has 8 heavy (non-hydrogen) atoms. The molecule has 0 spiro atoms. The smallest absolute Gasteiger partial charge is 0.136 e. The molecule has 1 rings (SSSR count). The van der Waals surface area contributed by atoms with Gasteiger partial charge in [-0.05, 0) is 0 Å². The predicted molar refractivity (Wildman–Crippen MR) is 42.3 cm³/mol. The van der Waals surface area contributed by atoms with Crippen LogP contribution in [-0.2, 0) is 0 Å². The molecule has 0 aromatic heterocycles. The Kier molecular flexibility index (Phi) is 1.77. The van der Waals surface area contributed by atoms with Gasteiger partial charge in [0.1, 0.15) is 4.32 Å². The van der Waals surface area contributed by atoms with Crippen molar-refractivity contribution in [3.63, 3.8) is 0 Å². The van der Waals surface area contributed by atoms with Crippen LogP contribution in [0.5, 0.6) is 0 Å². The van der Waals surface area contributed by atoms with Crippen LogP contribution in [0.4, 0.5) is 0 Å². The Hall–Kier alpha value is 0.240. The topological polar surface area (TPSA) is 3.24 Å². The molecule has 0 aromatic carbocycles. The number of hydrogen-bond acceptors (Lipinski definition) is 2. The zero-order chi connectivity index (χ0) is 6.15. The fraction of sp³-hybridized carbons (Fsp3) is 0.800. The van der Waals surface area contributed by atoms with Gasteiger partial charge in [-0.2, -0.15) is 0 Å². The molecular formula is C5H9NS2. The molecule has 0 N–H and O–H groups in total. The van der Waals surface area contributed by atoms with Crippen molar-refractivity contribution < 1.29 is 0 Å². The maximum Gasteiger partial charge on any atom is 0.136 e. The maximum absolute atomic E-state index is 5.01. The minimum Gasteiger partial charge on any atom is -0.359 e. The SMILES string of the molecule is CC1CN(C)C(=S)S1. The summed E-state index contributed by atoms with van der Waals surface area (Å²) in [5, 5.41) is 0.701. The summed E-state index contributed by atoms with van der Waals surface area (Å²) in [5.41, 5.74) is 0. The number of nitrogens with zero attached hydrogens (tertiary/aromatic N) is 1. The largest absolute Gasteiger partial charge is 0.359 e. The molecule has 3 heteroatoms. The molecule has 1 heterocycles. The van der Waals surface area contributed by atoms with Gasteiger partial charge >= 0.3 is 0 Å². The summed E-state index contributed by atoms with van der Waals surface area (Å²) in [6.07, 6.45) is 0. The van der Waals surface area contributed by atoms with Crippen molar-refractivity contribution in [1.82, 2.24) is 4.90 Å². The van der Waals surface area contributed by atoms with Crippen LogP contribution in [0.25, 0.3) is 0 Å². The predicted octanol–water partition coefficient (Wildman–Crippen LogP) is 1.34. The molecule has 0 saturated carbocycles. The zero-order valence-electron chi connectivity index (χ0n) is 5.05. The first-order valence-corrected chi connectivity index (χ1v) is 3.90. The standard InChI is InChI=1S/C5H9NS2/c1-4-3-6(2)5(7)8-4/h4H,3H2,1-2H3. The molecule has 1 aliphatic heterocycles. The first-order valence-electron chi connectivity index (χ1n) is 2.62. The lowest BCUT2D eigenvalue weighted by atomic mass is 10.5. The van der Waals surface area contributed by atoms with E-state index in [0.29, 0.717) is 5.25 Å². The van der Waals surface area contributed by atoms with E-state index >= 15 is 0 Å². The summed E-state index contributed by atoms with van der Waals surface area (Å²) in [6, 6.07) is 0. The van der Waals surface area contributed by atoms with Gasteiger partial charge in [-0.25, -0.2) is 0 Å². The highest BCUT2D eigenvalue weighted by atomic mass is 32.2. The lowest BCUT2D eigenvalue weighted by molar-refractivity contribution is 0.540. The van der Waals surface area contributed by atoms with Crippen molar-refractivity contribution in [1.29, 1.82) is 0 Å². The van der Waals surface area contributed by atoms with Crippen LogP contribution >= 0.6 is 24.0 Å².